The number of thiophene rings is 1. The molecule has 0 radical (unpaired) electrons. The summed E-state index contributed by atoms with van der Waals surface area (Å²) in [5.74, 6) is 0. The van der Waals surface area contributed by atoms with E-state index in [4.69, 9.17) is 0 Å². The summed E-state index contributed by atoms with van der Waals surface area (Å²) in [6.45, 7) is 0. The molecule has 0 spiro atoms. The van der Waals surface area contributed by atoms with Crippen LogP contribution in [0.15, 0.2) is 11.1 Å². The van der Waals surface area contributed by atoms with Crippen LogP contribution in [0.2, 0.25) is 0 Å². The molecule has 0 amide bonds. The molecule has 1 fully saturated rings. The van der Waals surface area contributed by atoms with Gasteiger partial charge in [-0.2, -0.15) is 4.99 Å². The number of aliphatic imine (C=N–C) groups is 1. The van der Waals surface area contributed by atoms with Gasteiger partial charge in [-0.3, -0.25) is 0 Å². The molecule has 1 aromatic rings. The summed E-state index contributed by atoms with van der Waals surface area (Å²) in [7, 11) is 0. The Kier molecular flexibility index (Phi) is 2.04. The Balaban J connectivity index is 1.99. The van der Waals surface area contributed by atoms with Gasteiger partial charge in [-0.1, -0.05) is 0 Å². The van der Waals surface area contributed by atoms with E-state index in [2.05, 4.69) is 11.1 Å². The molecule has 3 rings (SSSR count). The minimum Gasteiger partial charge on any atom is -0.211 e. The first-order chi connectivity index (χ1) is 7.34. The second kappa shape index (κ2) is 3.29. The van der Waals surface area contributed by atoms with Crippen molar-refractivity contribution in [3.63, 3.8) is 0 Å². The molecule has 0 aromatic carbocycles. The van der Waals surface area contributed by atoms with Gasteiger partial charge in [0.1, 0.15) is 5.54 Å². The molecule has 2 nitrogen and oxygen atoms in total. The smallest absolute Gasteiger partial charge is 0.211 e. The van der Waals surface area contributed by atoms with Crippen molar-refractivity contribution in [2.75, 3.05) is 0 Å². The van der Waals surface area contributed by atoms with E-state index >= 15 is 0 Å². The Morgan fingerprint density at radius 1 is 1.33 bits per heavy atom. The quantitative estimate of drug-likeness (QED) is 0.555. The lowest BCUT2D eigenvalue weighted by molar-refractivity contribution is 0.557. The zero-order valence-corrected chi connectivity index (χ0v) is 9.40. The molecule has 78 valence electrons. The highest BCUT2D eigenvalue weighted by Crippen LogP contribution is 2.52. The van der Waals surface area contributed by atoms with Gasteiger partial charge >= 0.3 is 0 Å². The van der Waals surface area contributed by atoms with Crippen LogP contribution in [0.25, 0.3) is 0 Å². The second-order valence-corrected chi connectivity index (χ2v) is 5.64. The topological polar surface area (TPSA) is 29.4 Å². The van der Waals surface area contributed by atoms with Gasteiger partial charge < -0.3 is 0 Å². The van der Waals surface area contributed by atoms with Crippen molar-refractivity contribution < 1.29 is 4.79 Å². The SMILES string of the molecule is O=C=NC1(c2cc3c(s2)CCCC3)CC1. The fraction of sp³-hybridized carbons (Fsp3) is 0.583. The molecule has 0 aliphatic heterocycles. The van der Waals surface area contributed by atoms with Gasteiger partial charge in [0, 0.05) is 9.75 Å². The van der Waals surface area contributed by atoms with Crippen molar-refractivity contribution in [1.29, 1.82) is 0 Å². The zero-order chi connectivity index (χ0) is 10.3. The number of isocyanates is 1. The first-order valence-electron chi connectivity index (χ1n) is 5.55. The van der Waals surface area contributed by atoms with E-state index in [0.717, 1.165) is 12.8 Å². The molecule has 1 saturated carbocycles. The van der Waals surface area contributed by atoms with Crippen LogP contribution in [0.4, 0.5) is 0 Å². The third-order valence-electron chi connectivity index (χ3n) is 3.44. The van der Waals surface area contributed by atoms with Crippen LogP contribution in [-0.2, 0) is 23.2 Å². The second-order valence-electron chi connectivity index (χ2n) is 4.50. The lowest BCUT2D eigenvalue weighted by Crippen LogP contribution is -1.98. The van der Waals surface area contributed by atoms with Gasteiger partial charge in [0.15, 0.2) is 0 Å². The van der Waals surface area contributed by atoms with Gasteiger partial charge in [-0.05, 0) is 50.2 Å². The van der Waals surface area contributed by atoms with E-state index in [9.17, 15) is 4.79 Å². The van der Waals surface area contributed by atoms with Crippen LogP contribution in [0.3, 0.4) is 0 Å². The molecule has 15 heavy (non-hydrogen) atoms. The van der Waals surface area contributed by atoms with Crippen LogP contribution in [-0.4, -0.2) is 6.08 Å². The van der Waals surface area contributed by atoms with E-state index in [1.165, 1.54) is 41.0 Å². The van der Waals surface area contributed by atoms with Gasteiger partial charge in [-0.25, -0.2) is 4.79 Å². The van der Waals surface area contributed by atoms with E-state index in [0.29, 0.717) is 0 Å². The highest BCUT2D eigenvalue weighted by Gasteiger charge is 2.46. The molecule has 0 unspecified atom stereocenters. The van der Waals surface area contributed by atoms with Gasteiger partial charge in [0.2, 0.25) is 6.08 Å². The molecule has 3 heteroatoms. The molecular weight excluding hydrogens is 206 g/mol. The minimum absolute atomic E-state index is 0.149. The third kappa shape index (κ3) is 1.47. The summed E-state index contributed by atoms with van der Waals surface area (Å²) in [4.78, 5) is 17.2. The van der Waals surface area contributed by atoms with Crippen LogP contribution >= 0.6 is 11.3 Å². The van der Waals surface area contributed by atoms with Crippen molar-refractivity contribution in [1.82, 2.24) is 0 Å². The molecule has 2 aliphatic rings. The molecule has 1 aromatic heterocycles. The van der Waals surface area contributed by atoms with Crippen LogP contribution in [0, 0.1) is 0 Å². The maximum Gasteiger partial charge on any atom is 0.235 e. The summed E-state index contributed by atoms with van der Waals surface area (Å²) >= 11 is 1.87. The lowest BCUT2D eigenvalue weighted by atomic mass is 9.98. The fourth-order valence-corrected chi connectivity index (χ4v) is 3.78. The minimum atomic E-state index is -0.149. The fourth-order valence-electron chi connectivity index (χ4n) is 2.34. The van der Waals surface area contributed by atoms with Crippen LogP contribution < -0.4 is 0 Å². The van der Waals surface area contributed by atoms with E-state index < -0.39 is 0 Å². The number of fused-ring (bicyclic) bond motifs is 1. The normalized spacial score (nSPS) is 21.6. The maximum absolute atomic E-state index is 10.4. The summed E-state index contributed by atoms with van der Waals surface area (Å²) in [5, 5.41) is 0. The number of hydrogen-bond acceptors (Lipinski definition) is 3. The molecule has 1 heterocycles. The van der Waals surface area contributed by atoms with Crippen molar-refractivity contribution in [3.8, 4) is 0 Å². The summed E-state index contributed by atoms with van der Waals surface area (Å²) in [6.07, 6.45) is 8.86. The largest absolute Gasteiger partial charge is 0.235 e. The average molecular weight is 219 g/mol. The molecule has 0 bridgehead atoms. The van der Waals surface area contributed by atoms with Crippen molar-refractivity contribution in [3.05, 3.63) is 21.4 Å². The van der Waals surface area contributed by atoms with Crippen molar-refractivity contribution in [2.45, 2.75) is 44.1 Å². The highest BCUT2D eigenvalue weighted by molar-refractivity contribution is 7.12. The van der Waals surface area contributed by atoms with E-state index in [1.54, 1.807) is 6.08 Å². The van der Waals surface area contributed by atoms with Gasteiger partial charge in [0.25, 0.3) is 0 Å². The first kappa shape index (κ1) is 9.32. The number of aryl methyl sites for hydroxylation is 2. The van der Waals surface area contributed by atoms with Crippen molar-refractivity contribution in [2.24, 2.45) is 4.99 Å². The van der Waals surface area contributed by atoms with E-state index in [1.807, 2.05) is 11.3 Å². The van der Waals surface area contributed by atoms with Gasteiger partial charge in [0.05, 0.1) is 0 Å². The molecule has 0 atom stereocenters. The van der Waals surface area contributed by atoms with Gasteiger partial charge in [-0.15, -0.1) is 11.3 Å². The predicted molar refractivity (Wildman–Crippen MR) is 60.0 cm³/mol. The Bertz CT molecular complexity index is 415. The number of hydrogen-bond donors (Lipinski definition) is 0. The molecular formula is C12H13NOS. The Labute approximate surface area is 93.0 Å². The molecule has 0 N–H and O–H groups in total. The highest BCUT2D eigenvalue weighted by atomic mass is 32.1. The number of nitrogens with zero attached hydrogens (tertiary/aromatic N) is 1. The maximum atomic E-state index is 10.4. The number of rotatable bonds is 2. The predicted octanol–water partition coefficient (Wildman–Crippen LogP) is 2.95. The Hall–Kier alpha value is -0.920. The zero-order valence-electron chi connectivity index (χ0n) is 8.58. The monoisotopic (exact) mass is 219 g/mol. The standard InChI is InChI=1S/C12H13NOS/c14-8-13-12(5-6-12)11-7-9-3-1-2-4-10(9)15-11/h7H,1-6H2. The summed E-state index contributed by atoms with van der Waals surface area (Å²) in [6, 6.07) is 2.28. The number of carbonyl (C=O) groups excluding carboxylic acids is 1. The Morgan fingerprint density at radius 3 is 2.80 bits per heavy atom. The van der Waals surface area contributed by atoms with E-state index in [-0.39, 0.29) is 5.54 Å². The van der Waals surface area contributed by atoms with Crippen LogP contribution in [0.1, 0.15) is 41.0 Å². The molecule has 2 aliphatic carbocycles. The molecule has 0 saturated heterocycles. The Morgan fingerprint density at radius 2 is 2.13 bits per heavy atom. The summed E-state index contributed by atoms with van der Waals surface area (Å²) < 4.78 is 0. The average Bonchev–Trinajstić information content (AvgIpc) is 2.91. The summed E-state index contributed by atoms with van der Waals surface area (Å²) in [5.41, 5.74) is 1.36. The van der Waals surface area contributed by atoms with Crippen molar-refractivity contribution >= 4 is 17.4 Å². The first-order valence-corrected chi connectivity index (χ1v) is 6.37. The third-order valence-corrected chi connectivity index (χ3v) is 4.87. The lowest BCUT2D eigenvalue weighted by Gasteiger charge is -2.08. The van der Waals surface area contributed by atoms with Crippen LogP contribution in [0.5, 0.6) is 0 Å².